The molecule has 0 fully saturated rings. The molecule has 0 aromatic heterocycles. The second-order valence-corrected chi connectivity index (χ2v) is 9.45. The predicted octanol–water partition coefficient (Wildman–Crippen LogP) is 7.45. The van der Waals surface area contributed by atoms with Crippen LogP contribution < -0.4 is 0 Å². The molecule has 0 heterocycles. The fourth-order valence-corrected chi connectivity index (χ4v) is 5.82. The Bertz CT molecular complexity index is 1300. The van der Waals surface area contributed by atoms with Crippen molar-refractivity contribution in [1.82, 2.24) is 0 Å². The van der Waals surface area contributed by atoms with Gasteiger partial charge in [0.15, 0.2) is 0 Å². The van der Waals surface area contributed by atoms with E-state index in [-0.39, 0.29) is 10.8 Å². The Morgan fingerprint density at radius 2 is 1.11 bits per heavy atom. The maximum Gasteiger partial charge on any atom is 0.0165 e. The second kappa shape index (κ2) is 4.94. The molecule has 0 amide bonds. The van der Waals surface area contributed by atoms with Crippen LogP contribution in [0, 0.1) is 0 Å². The van der Waals surface area contributed by atoms with E-state index in [4.69, 9.17) is 0 Å². The summed E-state index contributed by atoms with van der Waals surface area (Å²) in [6, 6.07) is 27.4. The summed E-state index contributed by atoms with van der Waals surface area (Å²) in [6.07, 6.45) is 0. The lowest BCUT2D eigenvalue weighted by Gasteiger charge is -2.25. The van der Waals surface area contributed by atoms with Gasteiger partial charge in [-0.25, -0.2) is 0 Å². The Kier molecular flexibility index (Phi) is 2.85. The fourth-order valence-electron chi connectivity index (χ4n) is 5.82. The normalized spacial score (nSPS) is 17.1. The van der Waals surface area contributed by atoms with Crippen LogP contribution in [0.4, 0.5) is 0 Å². The van der Waals surface area contributed by atoms with E-state index in [0.29, 0.717) is 0 Å². The maximum absolute atomic E-state index is 2.48. The first kappa shape index (κ1) is 16.1. The van der Waals surface area contributed by atoms with Crippen molar-refractivity contribution in [2.75, 3.05) is 0 Å². The average molecular weight is 361 g/mol. The number of benzene rings is 4. The maximum atomic E-state index is 2.48. The van der Waals surface area contributed by atoms with Crippen molar-refractivity contribution < 1.29 is 0 Å². The Morgan fingerprint density at radius 1 is 0.500 bits per heavy atom. The molecule has 0 atom stereocenters. The van der Waals surface area contributed by atoms with Gasteiger partial charge in [0.25, 0.3) is 0 Å². The van der Waals surface area contributed by atoms with Crippen LogP contribution in [0.25, 0.3) is 33.0 Å². The molecule has 0 saturated carbocycles. The van der Waals surface area contributed by atoms with Gasteiger partial charge in [-0.05, 0) is 67.4 Å². The SMILES string of the molecule is CC1(C)c2ccccc2-c2cc3c4c(ccc3cc21)-c1ccccc1C4(C)C. The molecule has 6 rings (SSSR count). The van der Waals surface area contributed by atoms with E-state index >= 15 is 0 Å². The van der Waals surface area contributed by atoms with Crippen LogP contribution in [-0.2, 0) is 10.8 Å². The number of hydrogen-bond acceptors (Lipinski definition) is 0. The van der Waals surface area contributed by atoms with Crippen molar-refractivity contribution in [3.8, 4) is 22.3 Å². The summed E-state index contributed by atoms with van der Waals surface area (Å²) in [7, 11) is 0. The third-order valence-corrected chi connectivity index (χ3v) is 7.24. The molecular weight excluding hydrogens is 336 g/mol. The van der Waals surface area contributed by atoms with Crippen LogP contribution in [0.2, 0.25) is 0 Å². The first-order valence-electron chi connectivity index (χ1n) is 10.2. The van der Waals surface area contributed by atoms with Gasteiger partial charge in [-0.1, -0.05) is 88.4 Å². The molecule has 0 bridgehead atoms. The predicted molar refractivity (Wildman–Crippen MR) is 119 cm³/mol. The summed E-state index contributed by atoms with van der Waals surface area (Å²) in [5.41, 5.74) is 11.5. The first-order valence-corrected chi connectivity index (χ1v) is 10.2. The van der Waals surface area contributed by atoms with Crippen molar-refractivity contribution in [3.63, 3.8) is 0 Å². The monoisotopic (exact) mass is 360 g/mol. The van der Waals surface area contributed by atoms with Crippen LogP contribution in [0.1, 0.15) is 49.9 Å². The fraction of sp³-hybridized carbons (Fsp3) is 0.214. The van der Waals surface area contributed by atoms with Gasteiger partial charge < -0.3 is 0 Å². The molecule has 136 valence electrons. The lowest BCUT2D eigenvalue weighted by atomic mass is 9.78. The molecular formula is C28H24. The molecule has 0 spiro atoms. The van der Waals surface area contributed by atoms with Crippen LogP contribution in [0.5, 0.6) is 0 Å². The molecule has 0 heteroatoms. The highest BCUT2D eigenvalue weighted by molar-refractivity contribution is 6.01. The van der Waals surface area contributed by atoms with E-state index in [9.17, 15) is 0 Å². The van der Waals surface area contributed by atoms with E-state index in [2.05, 4.69) is 100 Å². The van der Waals surface area contributed by atoms with Gasteiger partial charge in [-0.15, -0.1) is 0 Å². The minimum absolute atomic E-state index is 0.0211. The summed E-state index contributed by atoms with van der Waals surface area (Å²) in [5, 5.41) is 2.77. The van der Waals surface area contributed by atoms with Gasteiger partial charge in [0, 0.05) is 10.8 Å². The molecule has 4 aromatic carbocycles. The second-order valence-electron chi connectivity index (χ2n) is 9.45. The molecule has 0 aliphatic heterocycles. The zero-order valence-corrected chi connectivity index (χ0v) is 16.9. The number of rotatable bonds is 0. The Hall–Kier alpha value is -2.86. The van der Waals surface area contributed by atoms with Crippen molar-refractivity contribution >= 4 is 10.8 Å². The molecule has 0 nitrogen and oxygen atoms in total. The molecule has 0 unspecified atom stereocenters. The van der Waals surface area contributed by atoms with Crippen LogP contribution in [0.15, 0.2) is 72.8 Å². The molecule has 28 heavy (non-hydrogen) atoms. The van der Waals surface area contributed by atoms with Crippen molar-refractivity contribution in [2.24, 2.45) is 0 Å². The Labute approximate surface area is 166 Å². The minimum atomic E-state index is 0.0211. The Balaban J connectivity index is 1.74. The standard InChI is InChI=1S/C28H24/c1-27(2)23-11-7-6-10-19(23)22-16-21-17(15-25(22)27)13-14-20-18-9-5-8-12-24(18)28(3,4)26(20)21/h5-16H,1-4H3. The smallest absolute Gasteiger partial charge is 0.0165 e. The van der Waals surface area contributed by atoms with Gasteiger partial charge in [-0.2, -0.15) is 0 Å². The lowest BCUT2D eigenvalue weighted by Crippen LogP contribution is -2.16. The summed E-state index contributed by atoms with van der Waals surface area (Å²) < 4.78 is 0. The van der Waals surface area contributed by atoms with Gasteiger partial charge in [0.1, 0.15) is 0 Å². The third kappa shape index (κ3) is 1.77. The van der Waals surface area contributed by atoms with Crippen molar-refractivity contribution in [3.05, 3.63) is 95.1 Å². The van der Waals surface area contributed by atoms with E-state index in [1.807, 2.05) is 0 Å². The van der Waals surface area contributed by atoms with Gasteiger partial charge in [0.05, 0.1) is 0 Å². The van der Waals surface area contributed by atoms with Crippen LogP contribution in [-0.4, -0.2) is 0 Å². The Morgan fingerprint density at radius 3 is 1.82 bits per heavy atom. The van der Waals surface area contributed by atoms with E-state index in [1.165, 1.54) is 55.3 Å². The zero-order valence-electron chi connectivity index (χ0n) is 16.9. The summed E-state index contributed by atoms with van der Waals surface area (Å²) in [5.74, 6) is 0. The van der Waals surface area contributed by atoms with Crippen LogP contribution in [0.3, 0.4) is 0 Å². The first-order chi connectivity index (χ1) is 13.4. The largest absolute Gasteiger partial charge is 0.0619 e. The van der Waals surface area contributed by atoms with Crippen molar-refractivity contribution in [2.45, 2.75) is 38.5 Å². The van der Waals surface area contributed by atoms with Crippen molar-refractivity contribution in [1.29, 1.82) is 0 Å². The highest BCUT2D eigenvalue weighted by Gasteiger charge is 2.39. The summed E-state index contributed by atoms with van der Waals surface area (Å²) >= 11 is 0. The minimum Gasteiger partial charge on any atom is -0.0619 e. The number of fused-ring (bicyclic) bond motifs is 8. The zero-order chi connectivity index (χ0) is 19.3. The molecule has 4 aromatic rings. The van der Waals surface area contributed by atoms with Gasteiger partial charge >= 0.3 is 0 Å². The highest BCUT2D eigenvalue weighted by Crippen LogP contribution is 2.54. The van der Waals surface area contributed by atoms with Crippen LogP contribution >= 0.6 is 0 Å². The quantitative estimate of drug-likeness (QED) is 0.305. The molecule has 0 saturated heterocycles. The van der Waals surface area contributed by atoms with E-state index < -0.39 is 0 Å². The highest BCUT2D eigenvalue weighted by atomic mass is 14.4. The number of hydrogen-bond donors (Lipinski definition) is 0. The lowest BCUT2D eigenvalue weighted by molar-refractivity contribution is 0.660. The van der Waals surface area contributed by atoms with E-state index in [1.54, 1.807) is 0 Å². The third-order valence-electron chi connectivity index (χ3n) is 7.24. The van der Waals surface area contributed by atoms with Gasteiger partial charge in [0.2, 0.25) is 0 Å². The molecule has 0 radical (unpaired) electrons. The topological polar surface area (TPSA) is 0 Å². The summed E-state index contributed by atoms with van der Waals surface area (Å²) in [4.78, 5) is 0. The summed E-state index contributed by atoms with van der Waals surface area (Å²) in [6.45, 7) is 9.47. The van der Waals surface area contributed by atoms with E-state index in [0.717, 1.165) is 0 Å². The van der Waals surface area contributed by atoms with Gasteiger partial charge in [-0.3, -0.25) is 0 Å². The molecule has 0 N–H and O–H groups in total. The molecule has 2 aliphatic carbocycles. The average Bonchev–Trinajstić information content (AvgIpc) is 3.07. The molecule has 2 aliphatic rings.